The second-order valence-electron chi connectivity index (χ2n) is 3.17. The van der Waals surface area contributed by atoms with Crippen molar-refractivity contribution >= 4 is 18.1 Å². The van der Waals surface area contributed by atoms with Gasteiger partial charge in [-0.25, -0.2) is 9.78 Å². The zero-order chi connectivity index (χ0) is 9.42. The van der Waals surface area contributed by atoms with Crippen LogP contribution in [0.1, 0.15) is 17.4 Å². The van der Waals surface area contributed by atoms with Gasteiger partial charge < -0.3 is 5.11 Å². The third kappa shape index (κ3) is 1.33. The van der Waals surface area contributed by atoms with Crippen molar-refractivity contribution in [2.75, 3.05) is 0 Å². The van der Waals surface area contributed by atoms with Crippen molar-refractivity contribution in [3.63, 3.8) is 0 Å². The molecule has 2 rings (SSSR count). The van der Waals surface area contributed by atoms with Gasteiger partial charge in [-0.2, -0.15) is 0 Å². The van der Waals surface area contributed by atoms with E-state index in [2.05, 4.69) is 11.1 Å². The van der Waals surface area contributed by atoms with Crippen LogP contribution in [0, 0.1) is 5.92 Å². The van der Waals surface area contributed by atoms with E-state index in [9.17, 15) is 4.79 Å². The van der Waals surface area contributed by atoms with Crippen molar-refractivity contribution in [3.8, 4) is 0 Å². The summed E-state index contributed by atoms with van der Waals surface area (Å²) < 4.78 is 0. The fourth-order valence-electron chi connectivity index (χ4n) is 1.46. The van der Waals surface area contributed by atoms with Crippen LogP contribution in [0.3, 0.4) is 0 Å². The van der Waals surface area contributed by atoms with Gasteiger partial charge in [0.25, 0.3) is 0 Å². The molecule has 1 unspecified atom stereocenters. The first-order valence-electron chi connectivity index (χ1n) is 4.11. The molecule has 1 aromatic heterocycles. The number of rotatable bonds is 1. The minimum Gasteiger partial charge on any atom is -0.477 e. The Bertz CT molecular complexity index is 476. The van der Waals surface area contributed by atoms with E-state index in [1.165, 1.54) is 6.07 Å². The highest BCUT2D eigenvalue weighted by Gasteiger charge is 2.07. The predicted octanol–water partition coefficient (Wildman–Crippen LogP) is -0.00950. The molecule has 1 atom stereocenters. The maximum Gasteiger partial charge on any atom is 0.354 e. The smallest absolute Gasteiger partial charge is 0.354 e. The number of hydrogen-bond donors (Lipinski definition) is 1. The molecule has 0 saturated heterocycles. The van der Waals surface area contributed by atoms with Gasteiger partial charge in [0.05, 0.1) is 5.35 Å². The van der Waals surface area contributed by atoms with Gasteiger partial charge in [0, 0.05) is 0 Å². The third-order valence-electron chi connectivity index (χ3n) is 2.04. The van der Waals surface area contributed by atoms with Crippen LogP contribution in [0.2, 0.25) is 0 Å². The second kappa shape index (κ2) is 2.69. The van der Waals surface area contributed by atoms with Crippen LogP contribution < -0.4 is 10.6 Å². The molecule has 0 saturated carbocycles. The molecule has 3 heteroatoms. The highest BCUT2D eigenvalue weighted by atomic mass is 16.4. The molecular weight excluding hydrogens is 166 g/mol. The van der Waals surface area contributed by atoms with Crippen molar-refractivity contribution in [1.29, 1.82) is 0 Å². The van der Waals surface area contributed by atoms with Crippen LogP contribution in [0.5, 0.6) is 0 Å². The molecule has 0 aliphatic heterocycles. The first kappa shape index (κ1) is 7.98. The van der Waals surface area contributed by atoms with Crippen LogP contribution in [-0.2, 0) is 0 Å². The normalized spacial score (nSPS) is 18.7. The number of carbonyl (C=O) groups is 1. The fraction of sp³-hybridized carbons (Fsp3) is 0.200. The van der Waals surface area contributed by atoms with Crippen LogP contribution in [0.25, 0.3) is 12.2 Å². The van der Waals surface area contributed by atoms with E-state index in [-0.39, 0.29) is 5.69 Å². The maximum atomic E-state index is 10.6. The highest BCUT2D eigenvalue weighted by Crippen LogP contribution is 2.00. The van der Waals surface area contributed by atoms with E-state index in [1.54, 1.807) is 6.07 Å². The number of pyridine rings is 1. The van der Waals surface area contributed by atoms with Crippen molar-refractivity contribution in [3.05, 3.63) is 28.4 Å². The molecule has 0 amide bonds. The average Bonchev–Trinajstić information content (AvgIpc) is 2.42. The molecule has 3 nitrogen and oxygen atoms in total. The lowest BCUT2D eigenvalue weighted by Gasteiger charge is -1.90. The predicted molar refractivity (Wildman–Crippen MR) is 48.5 cm³/mol. The first-order chi connectivity index (χ1) is 6.16. The highest BCUT2D eigenvalue weighted by molar-refractivity contribution is 5.85. The lowest BCUT2D eigenvalue weighted by Crippen LogP contribution is -2.27. The average molecular weight is 175 g/mol. The van der Waals surface area contributed by atoms with Crippen molar-refractivity contribution in [2.45, 2.75) is 6.92 Å². The van der Waals surface area contributed by atoms with Crippen LogP contribution >= 0.6 is 0 Å². The summed E-state index contributed by atoms with van der Waals surface area (Å²) in [6.45, 7) is 2.04. The molecule has 13 heavy (non-hydrogen) atoms. The molecule has 1 aliphatic rings. The summed E-state index contributed by atoms with van der Waals surface area (Å²) in [4.78, 5) is 14.6. The van der Waals surface area contributed by atoms with Crippen LogP contribution in [0.15, 0.2) is 12.1 Å². The lowest BCUT2D eigenvalue weighted by atomic mass is 10.2. The second-order valence-corrected chi connectivity index (χ2v) is 3.17. The van der Waals surface area contributed by atoms with E-state index in [4.69, 9.17) is 5.11 Å². The van der Waals surface area contributed by atoms with Gasteiger partial charge >= 0.3 is 5.97 Å². The Morgan fingerprint density at radius 3 is 2.92 bits per heavy atom. The van der Waals surface area contributed by atoms with Crippen LogP contribution in [-0.4, -0.2) is 16.1 Å². The number of aromatic carboxylic acids is 1. The molecule has 1 aromatic rings. The van der Waals surface area contributed by atoms with E-state index < -0.39 is 5.97 Å². The Labute approximate surface area is 75.0 Å². The van der Waals surface area contributed by atoms with Crippen molar-refractivity contribution in [1.82, 2.24) is 4.98 Å². The molecule has 66 valence electrons. The van der Waals surface area contributed by atoms with Gasteiger partial charge in [0.1, 0.15) is 5.69 Å². The van der Waals surface area contributed by atoms with Gasteiger partial charge in [-0.1, -0.05) is 25.1 Å². The van der Waals surface area contributed by atoms with Gasteiger partial charge in [0.2, 0.25) is 0 Å². The number of hydrogen-bond acceptors (Lipinski definition) is 2. The topological polar surface area (TPSA) is 50.2 Å². The minimum absolute atomic E-state index is 0.109. The number of nitrogens with zero attached hydrogens (tertiary/aromatic N) is 1. The lowest BCUT2D eigenvalue weighted by molar-refractivity contribution is 0.0690. The van der Waals surface area contributed by atoms with Crippen molar-refractivity contribution in [2.24, 2.45) is 5.92 Å². The molecule has 1 aliphatic carbocycles. The summed E-state index contributed by atoms with van der Waals surface area (Å²) in [5, 5.41) is 10.5. The Morgan fingerprint density at radius 1 is 1.46 bits per heavy atom. The number of carboxylic acids is 1. The van der Waals surface area contributed by atoms with Gasteiger partial charge in [0.15, 0.2) is 0 Å². The van der Waals surface area contributed by atoms with E-state index in [1.807, 2.05) is 13.0 Å². The third-order valence-corrected chi connectivity index (χ3v) is 2.04. The number of aromatic nitrogens is 1. The Morgan fingerprint density at radius 2 is 2.23 bits per heavy atom. The van der Waals surface area contributed by atoms with E-state index >= 15 is 0 Å². The van der Waals surface area contributed by atoms with E-state index in [0.717, 1.165) is 10.6 Å². The maximum absolute atomic E-state index is 10.6. The summed E-state index contributed by atoms with van der Waals surface area (Å²) in [5.74, 6) is -0.623. The molecule has 0 spiro atoms. The molecule has 0 bridgehead atoms. The molecule has 1 heterocycles. The minimum atomic E-state index is -0.976. The quantitative estimate of drug-likeness (QED) is 0.653. The molecule has 1 N–H and O–H groups in total. The Hall–Kier alpha value is -1.64. The zero-order valence-electron chi connectivity index (χ0n) is 7.19. The van der Waals surface area contributed by atoms with Gasteiger partial charge in [-0.3, -0.25) is 0 Å². The molecular formula is C10H9NO2. The molecule has 0 aromatic carbocycles. The summed E-state index contributed by atoms with van der Waals surface area (Å²) in [7, 11) is 0. The first-order valence-corrected chi connectivity index (χ1v) is 4.11. The standard InChI is InChI=1S/C10H9NO2/c1-6-4-7-2-3-8(10(12)13)11-9(7)5-6/h2-6H,1H3,(H,12,13). The van der Waals surface area contributed by atoms with Gasteiger partial charge in [-0.15, -0.1) is 0 Å². The van der Waals surface area contributed by atoms with Crippen LogP contribution in [0.4, 0.5) is 0 Å². The molecule has 0 fully saturated rings. The van der Waals surface area contributed by atoms with E-state index in [0.29, 0.717) is 5.92 Å². The summed E-state index contributed by atoms with van der Waals surface area (Å²) in [6, 6.07) is 3.33. The SMILES string of the molecule is CC1C=c2ccc(C(=O)O)nc2=C1. The largest absolute Gasteiger partial charge is 0.477 e. The Balaban J connectivity index is 2.66. The van der Waals surface area contributed by atoms with Crippen molar-refractivity contribution < 1.29 is 9.90 Å². The number of fused-ring (bicyclic) bond motifs is 1. The number of carboxylic acid groups (broad SMARTS) is 1. The zero-order valence-corrected chi connectivity index (χ0v) is 7.19. The molecule has 0 radical (unpaired) electrons. The fourth-order valence-corrected chi connectivity index (χ4v) is 1.46. The van der Waals surface area contributed by atoms with Gasteiger partial charge in [-0.05, 0) is 17.2 Å². The monoisotopic (exact) mass is 175 g/mol. The Kier molecular flexibility index (Phi) is 1.65. The summed E-state index contributed by atoms with van der Waals surface area (Å²) in [5.41, 5.74) is 0.109. The summed E-state index contributed by atoms with van der Waals surface area (Å²) in [6.07, 6.45) is 4.02. The summed E-state index contributed by atoms with van der Waals surface area (Å²) >= 11 is 0.